The second kappa shape index (κ2) is 4.53. The molecule has 0 aliphatic heterocycles. The maximum absolute atomic E-state index is 12.4. The summed E-state index contributed by atoms with van der Waals surface area (Å²) in [6, 6.07) is 6.34. The van der Waals surface area contributed by atoms with Crippen LogP contribution in [-0.2, 0) is 6.54 Å². The van der Waals surface area contributed by atoms with Gasteiger partial charge in [-0.15, -0.1) is 6.42 Å². The number of halogens is 1. The number of hydrogen-bond donors (Lipinski definition) is 1. The molecule has 62 valence electrons. The van der Waals surface area contributed by atoms with Crippen LogP contribution in [0.5, 0.6) is 0 Å². The molecule has 1 aromatic carbocycles. The summed E-state index contributed by atoms with van der Waals surface area (Å²) in [5, 5.41) is 3.01. The van der Waals surface area contributed by atoms with E-state index in [1.165, 1.54) is 12.1 Å². The summed E-state index contributed by atoms with van der Waals surface area (Å²) in [5.74, 6) is 2.25. The molecule has 0 saturated heterocycles. The molecule has 1 rings (SSSR count). The summed E-state index contributed by atoms with van der Waals surface area (Å²) < 4.78 is 12.4. The fraction of sp³-hybridized carbons (Fsp3) is 0.200. The molecule has 0 saturated carbocycles. The molecule has 0 radical (unpaired) electrons. The lowest BCUT2D eigenvalue weighted by atomic mass is 10.2. The average Bonchev–Trinajstić information content (AvgIpc) is 2.09. The zero-order valence-electron chi connectivity index (χ0n) is 6.68. The fourth-order valence-corrected chi connectivity index (χ4v) is 0.881. The molecule has 0 bridgehead atoms. The number of nitrogens with one attached hydrogen (secondary N) is 1. The number of rotatable bonds is 3. The van der Waals surface area contributed by atoms with Crippen LogP contribution in [0.1, 0.15) is 5.56 Å². The third-order valence-corrected chi connectivity index (χ3v) is 1.47. The lowest BCUT2D eigenvalue weighted by molar-refractivity contribution is 0.626. The van der Waals surface area contributed by atoms with Gasteiger partial charge >= 0.3 is 0 Å². The fourth-order valence-electron chi connectivity index (χ4n) is 0.881. The van der Waals surface area contributed by atoms with E-state index < -0.39 is 0 Å². The Labute approximate surface area is 71.6 Å². The molecular weight excluding hydrogens is 153 g/mol. The van der Waals surface area contributed by atoms with E-state index in [0.29, 0.717) is 13.1 Å². The number of hydrogen-bond acceptors (Lipinski definition) is 1. The second-order valence-corrected chi connectivity index (χ2v) is 2.43. The van der Waals surface area contributed by atoms with E-state index in [-0.39, 0.29) is 5.82 Å². The van der Waals surface area contributed by atoms with Crippen molar-refractivity contribution in [1.29, 1.82) is 0 Å². The van der Waals surface area contributed by atoms with Crippen molar-refractivity contribution in [1.82, 2.24) is 5.32 Å². The van der Waals surface area contributed by atoms with E-state index >= 15 is 0 Å². The Morgan fingerprint density at radius 3 is 2.58 bits per heavy atom. The van der Waals surface area contributed by atoms with Gasteiger partial charge in [-0.05, 0) is 17.7 Å². The largest absolute Gasteiger partial charge is 0.302 e. The first-order valence-corrected chi connectivity index (χ1v) is 3.71. The normalized spacial score (nSPS) is 9.33. The van der Waals surface area contributed by atoms with Crippen molar-refractivity contribution in [3.8, 4) is 12.3 Å². The Morgan fingerprint density at radius 1 is 1.33 bits per heavy atom. The van der Waals surface area contributed by atoms with Gasteiger partial charge in [0.2, 0.25) is 0 Å². The van der Waals surface area contributed by atoms with Gasteiger partial charge in [0.05, 0.1) is 6.54 Å². The molecule has 1 nitrogen and oxygen atoms in total. The third kappa shape index (κ3) is 2.73. The minimum absolute atomic E-state index is 0.212. The molecule has 0 aliphatic rings. The molecular formula is C10H10FN. The molecule has 0 spiro atoms. The van der Waals surface area contributed by atoms with E-state index in [2.05, 4.69) is 11.2 Å². The molecule has 1 N–H and O–H groups in total. The zero-order chi connectivity index (χ0) is 8.81. The van der Waals surface area contributed by atoms with Crippen molar-refractivity contribution in [2.75, 3.05) is 6.54 Å². The van der Waals surface area contributed by atoms with Crippen LogP contribution in [0, 0.1) is 18.2 Å². The van der Waals surface area contributed by atoms with Crippen molar-refractivity contribution in [2.45, 2.75) is 6.54 Å². The Hall–Kier alpha value is -1.33. The van der Waals surface area contributed by atoms with Gasteiger partial charge in [0.25, 0.3) is 0 Å². The van der Waals surface area contributed by atoms with Crippen molar-refractivity contribution < 1.29 is 4.39 Å². The summed E-state index contributed by atoms with van der Waals surface area (Å²) in [5.41, 5.74) is 1.03. The summed E-state index contributed by atoms with van der Waals surface area (Å²) in [7, 11) is 0. The summed E-state index contributed by atoms with van der Waals surface area (Å²) >= 11 is 0. The Kier molecular flexibility index (Phi) is 3.31. The average molecular weight is 163 g/mol. The van der Waals surface area contributed by atoms with E-state index in [1.807, 2.05) is 0 Å². The first-order chi connectivity index (χ1) is 5.83. The molecule has 0 fully saturated rings. The minimum atomic E-state index is -0.212. The van der Waals surface area contributed by atoms with Gasteiger partial charge in [-0.3, -0.25) is 0 Å². The van der Waals surface area contributed by atoms with Gasteiger partial charge < -0.3 is 5.32 Å². The van der Waals surface area contributed by atoms with Crippen molar-refractivity contribution >= 4 is 0 Å². The highest BCUT2D eigenvalue weighted by Gasteiger charge is 1.91. The van der Waals surface area contributed by atoms with E-state index in [1.54, 1.807) is 12.1 Å². The number of terminal acetylenes is 1. The van der Waals surface area contributed by atoms with Gasteiger partial charge in [0.1, 0.15) is 5.82 Å². The van der Waals surface area contributed by atoms with Crippen LogP contribution >= 0.6 is 0 Å². The van der Waals surface area contributed by atoms with Gasteiger partial charge in [-0.25, -0.2) is 4.39 Å². The first kappa shape index (κ1) is 8.76. The van der Waals surface area contributed by atoms with Crippen LogP contribution in [0.3, 0.4) is 0 Å². The second-order valence-electron chi connectivity index (χ2n) is 2.43. The standard InChI is InChI=1S/C10H10FN/c1-2-7-12-8-9-3-5-10(11)6-4-9/h1,3-6,12H,7-8H2. The van der Waals surface area contributed by atoms with Crippen LogP contribution in [0.25, 0.3) is 0 Å². The predicted molar refractivity (Wildman–Crippen MR) is 46.9 cm³/mol. The lowest BCUT2D eigenvalue weighted by Gasteiger charge is -1.99. The molecule has 0 aromatic heterocycles. The maximum atomic E-state index is 12.4. The molecule has 1 aromatic rings. The summed E-state index contributed by atoms with van der Waals surface area (Å²) in [6.45, 7) is 1.22. The van der Waals surface area contributed by atoms with Crippen LogP contribution in [-0.4, -0.2) is 6.54 Å². The van der Waals surface area contributed by atoms with Gasteiger partial charge in [-0.1, -0.05) is 18.1 Å². The molecule has 2 heteroatoms. The summed E-state index contributed by atoms with van der Waals surface area (Å²) in [4.78, 5) is 0. The maximum Gasteiger partial charge on any atom is 0.123 e. The van der Waals surface area contributed by atoms with Gasteiger partial charge in [-0.2, -0.15) is 0 Å². The molecule has 0 heterocycles. The van der Waals surface area contributed by atoms with Crippen LogP contribution < -0.4 is 5.32 Å². The van der Waals surface area contributed by atoms with Crippen molar-refractivity contribution in [3.63, 3.8) is 0 Å². The molecule has 12 heavy (non-hydrogen) atoms. The smallest absolute Gasteiger partial charge is 0.123 e. The van der Waals surface area contributed by atoms with Crippen LogP contribution in [0.2, 0.25) is 0 Å². The van der Waals surface area contributed by atoms with E-state index in [4.69, 9.17) is 6.42 Å². The Bertz CT molecular complexity index is 271. The molecule has 0 amide bonds. The van der Waals surface area contributed by atoms with Gasteiger partial charge in [0.15, 0.2) is 0 Å². The van der Waals surface area contributed by atoms with Gasteiger partial charge in [0, 0.05) is 6.54 Å². The topological polar surface area (TPSA) is 12.0 Å². The highest BCUT2D eigenvalue weighted by molar-refractivity contribution is 5.15. The minimum Gasteiger partial charge on any atom is -0.302 e. The SMILES string of the molecule is C#CCNCc1ccc(F)cc1. The molecule has 0 atom stereocenters. The van der Waals surface area contributed by atoms with Crippen LogP contribution in [0.4, 0.5) is 4.39 Å². The predicted octanol–water partition coefficient (Wildman–Crippen LogP) is 1.55. The monoisotopic (exact) mass is 163 g/mol. The first-order valence-electron chi connectivity index (χ1n) is 3.71. The van der Waals surface area contributed by atoms with Crippen molar-refractivity contribution in [2.24, 2.45) is 0 Å². The van der Waals surface area contributed by atoms with Crippen molar-refractivity contribution in [3.05, 3.63) is 35.6 Å². The lowest BCUT2D eigenvalue weighted by Crippen LogP contribution is -2.12. The molecule has 0 aliphatic carbocycles. The van der Waals surface area contributed by atoms with E-state index in [9.17, 15) is 4.39 Å². The quantitative estimate of drug-likeness (QED) is 0.526. The van der Waals surface area contributed by atoms with Crippen LogP contribution in [0.15, 0.2) is 24.3 Å². The third-order valence-electron chi connectivity index (χ3n) is 1.47. The Morgan fingerprint density at radius 2 is 2.00 bits per heavy atom. The highest BCUT2D eigenvalue weighted by Crippen LogP contribution is 2.01. The van der Waals surface area contributed by atoms with E-state index in [0.717, 1.165) is 5.56 Å². The number of benzene rings is 1. The Balaban J connectivity index is 2.43. The summed E-state index contributed by atoms with van der Waals surface area (Å²) in [6.07, 6.45) is 5.04. The zero-order valence-corrected chi connectivity index (χ0v) is 6.68. The molecule has 0 unspecified atom stereocenters. The highest BCUT2D eigenvalue weighted by atomic mass is 19.1.